The van der Waals surface area contributed by atoms with Crippen molar-refractivity contribution in [1.29, 1.82) is 0 Å². The number of amides is 1. The molecule has 2 aromatic rings. The lowest BCUT2D eigenvalue weighted by molar-refractivity contribution is -0.141. The highest BCUT2D eigenvalue weighted by Crippen LogP contribution is 2.20. The predicted octanol–water partition coefficient (Wildman–Crippen LogP) is 1.66. The van der Waals surface area contributed by atoms with E-state index in [2.05, 4.69) is 15.5 Å². The molecule has 0 bridgehead atoms. The van der Waals surface area contributed by atoms with Gasteiger partial charge >= 0.3 is 5.97 Å². The number of hydrogen-bond donors (Lipinski definition) is 2. The molecule has 8 nitrogen and oxygen atoms in total. The van der Waals surface area contributed by atoms with Crippen molar-refractivity contribution in [3.8, 4) is 17.1 Å². The van der Waals surface area contributed by atoms with Crippen molar-refractivity contribution in [2.75, 3.05) is 6.61 Å². The number of aryl methyl sites for hydroxylation is 1. The second kappa shape index (κ2) is 8.09. The van der Waals surface area contributed by atoms with E-state index in [1.165, 1.54) is 6.92 Å². The van der Waals surface area contributed by atoms with Crippen molar-refractivity contribution in [3.63, 3.8) is 0 Å². The van der Waals surface area contributed by atoms with Crippen LogP contribution in [0, 0.1) is 0 Å². The van der Waals surface area contributed by atoms with Crippen LogP contribution in [0.3, 0.4) is 0 Å². The normalized spacial score (nSPS) is 11.8. The van der Waals surface area contributed by atoms with Crippen LogP contribution >= 0.6 is 0 Å². The minimum atomic E-state index is -1.08. The Kier molecular flexibility index (Phi) is 5.89. The van der Waals surface area contributed by atoms with Crippen LogP contribution in [0.5, 0.6) is 5.75 Å². The van der Waals surface area contributed by atoms with Gasteiger partial charge in [-0.05, 0) is 38.1 Å². The molecular weight excluding hydrogens is 314 g/mol. The van der Waals surface area contributed by atoms with E-state index < -0.39 is 12.0 Å². The molecule has 2 N–H and O–H groups in total. The van der Waals surface area contributed by atoms with E-state index in [0.717, 1.165) is 11.3 Å². The van der Waals surface area contributed by atoms with Crippen LogP contribution in [0.1, 0.15) is 26.2 Å². The quantitative estimate of drug-likeness (QED) is 0.755. The van der Waals surface area contributed by atoms with Gasteiger partial charge in [0.2, 0.25) is 17.6 Å². The molecule has 8 heteroatoms. The van der Waals surface area contributed by atoms with Gasteiger partial charge in [0.15, 0.2) is 0 Å². The molecule has 0 aliphatic heterocycles. The summed E-state index contributed by atoms with van der Waals surface area (Å²) < 4.78 is 10.5. The molecule has 1 aromatic heterocycles. The third-order valence-corrected chi connectivity index (χ3v) is 3.21. The molecule has 1 heterocycles. The number of carbonyl (C=O) groups excluding carboxylic acids is 1. The van der Waals surface area contributed by atoms with Crippen molar-refractivity contribution < 1.29 is 24.0 Å². The van der Waals surface area contributed by atoms with Crippen molar-refractivity contribution in [3.05, 3.63) is 30.2 Å². The van der Waals surface area contributed by atoms with Gasteiger partial charge in [0.05, 0.1) is 6.61 Å². The summed E-state index contributed by atoms with van der Waals surface area (Å²) in [6, 6.07) is 6.34. The lowest BCUT2D eigenvalue weighted by atomic mass is 10.2. The molecule has 2 rings (SSSR count). The van der Waals surface area contributed by atoms with Gasteiger partial charge in [-0.2, -0.15) is 4.98 Å². The molecular formula is C16H19N3O5. The molecule has 1 amide bonds. The first-order valence-corrected chi connectivity index (χ1v) is 7.57. The number of aliphatic carboxylic acids is 1. The summed E-state index contributed by atoms with van der Waals surface area (Å²) in [5.41, 5.74) is 0.775. The predicted molar refractivity (Wildman–Crippen MR) is 84.5 cm³/mol. The van der Waals surface area contributed by atoms with Gasteiger partial charge in [-0.1, -0.05) is 5.16 Å². The highest BCUT2D eigenvalue weighted by Gasteiger charge is 2.15. The number of benzene rings is 1. The summed E-state index contributed by atoms with van der Waals surface area (Å²) in [6.07, 6.45) is 0.310. The molecule has 0 fully saturated rings. The number of hydrogen-bond acceptors (Lipinski definition) is 6. The number of rotatable bonds is 8. The maximum atomic E-state index is 11.6. The van der Waals surface area contributed by atoms with Crippen LogP contribution in [0.15, 0.2) is 28.8 Å². The highest BCUT2D eigenvalue weighted by molar-refractivity contribution is 5.83. The van der Waals surface area contributed by atoms with E-state index in [1.54, 1.807) is 0 Å². The van der Waals surface area contributed by atoms with E-state index in [-0.39, 0.29) is 18.7 Å². The Labute approximate surface area is 138 Å². The highest BCUT2D eigenvalue weighted by atomic mass is 16.5. The molecule has 1 atom stereocenters. The number of nitrogens with one attached hydrogen (secondary N) is 1. The molecule has 1 aromatic carbocycles. The number of ether oxygens (including phenoxy) is 1. The second-order valence-electron chi connectivity index (χ2n) is 5.10. The topological polar surface area (TPSA) is 115 Å². The zero-order valence-electron chi connectivity index (χ0n) is 13.5. The number of nitrogens with zero attached hydrogens (tertiary/aromatic N) is 2. The number of aromatic nitrogens is 2. The Morgan fingerprint density at radius 1 is 1.33 bits per heavy atom. The van der Waals surface area contributed by atoms with Crippen LogP contribution in [0.25, 0.3) is 11.4 Å². The van der Waals surface area contributed by atoms with E-state index in [4.69, 9.17) is 14.4 Å². The summed E-state index contributed by atoms with van der Waals surface area (Å²) >= 11 is 0. The summed E-state index contributed by atoms with van der Waals surface area (Å²) in [7, 11) is 0. The standard InChI is InChI=1S/C16H19N3O5/c1-3-23-12-6-4-11(5-7-12)15-18-14(24-19-15)9-8-13(20)17-10(2)16(21)22/h4-7,10H,3,8-9H2,1-2H3,(H,17,20)(H,21,22). The number of carboxylic acid groups (broad SMARTS) is 1. The van der Waals surface area contributed by atoms with E-state index in [0.29, 0.717) is 18.3 Å². The van der Waals surface area contributed by atoms with Gasteiger partial charge in [0.1, 0.15) is 11.8 Å². The Morgan fingerprint density at radius 2 is 2.04 bits per heavy atom. The van der Waals surface area contributed by atoms with E-state index in [9.17, 15) is 9.59 Å². The SMILES string of the molecule is CCOc1ccc(-c2noc(CCC(=O)NC(C)C(=O)O)n2)cc1. The van der Waals surface area contributed by atoms with Gasteiger partial charge in [-0.15, -0.1) is 0 Å². The minimum Gasteiger partial charge on any atom is -0.494 e. The van der Waals surface area contributed by atoms with Gasteiger partial charge in [-0.3, -0.25) is 9.59 Å². The second-order valence-corrected chi connectivity index (χ2v) is 5.10. The molecule has 128 valence electrons. The minimum absolute atomic E-state index is 0.0720. The molecule has 0 spiro atoms. The Morgan fingerprint density at radius 3 is 2.67 bits per heavy atom. The number of carbonyl (C=O) groups is 2. The lowest BCUT2D eigenvalue weighted by Gasteiger charge is -2.07. The van der Waals surface area contributed by atoms with E-state index >= 15 is 0 Å². The zero-order chi connectivity index (χ0) is 17.5. The molecule has 0 aliphatic rings. The van der Waals surface area contributed by atoms with Crippen LogP contribution < -0.4 is 10.1 Å². The molecule has 0 aliphatic carbocycles. The van der Waals surface area contributed by atoms with Crippen molar-refractivity contribution in [1.82, 2.24) is 15.5 Å². The maximum Gasteiger partial charge on any atom is 0.325 e. The largest absolute Gasteiger partial charge is 0.494 e. The molecule has 24 heavy (non-hydrogen) atoms. The fourth-order valence-electron chi connectivity index (χ4n) is 1.94. The lowest BCUT2D eigenvalue weighted by Crippen LogP contribution is -2.38. The monoisotopic (exact) mass is 333 g/mol. The van der Waals surface area contributed by atoms with Crippen LogP contribution in [0.4, 0.5) is 0 Å². The van der Waals surface area contributed by atoms with E-state index in [1.807, 2.05) is 31.2 Å². The maximum absolute atomic E-state index is 11.6. The first kappa shape index (κ1) is 17.5. The average molecular weight is 333 g/mol. The first-order valence-electron chi connectivity index (χ1n) is 7.57. The van der Waals surface area contributed by atoms with Crippen molar-refractivity contribution in [2.45, 2.75) is 32.7 Å². The first-order chi connectivity index (χ1) is 11.5. The molecule has 0 saturated carbocycles. The summed E-state index contributed by atoms with van der Waals surface area (Å²) in [5.74, 6) is 0.0307. The summed E-state index contributed by atoms with van der Waals surface area (Å²) in [4.78, 5) is 26.5. The van der Waals surface area contributed by atoms with Gasteiger partial charge < -0.3 is 19.7 Å². The van der Waals surface area contributed by atoms with Gasteiger partial charge in [0.25, 0.3) is 0 Å². The fourth-order valence-corrected chi connectivity index (χ4v) is 1.94. The smallest absolute Gasteiger partial charge is 0.325 e. The average Bonchev–Trinajstić information content (AvgIpc) is 3.03. The van der Waals surface area contributed by atoms with Crippen molar-refractivity contribution in [2.24, 2.45) is 0 Å². The number of carboxylic acids is 1. The van der Waals surface area contributed by atoms with Crippen LogP contribution in [-0.2, 0) is 16.0 Å². The summed E-state index contributed by atoms with van der Waals surface area (Å²) in [6.45, 7) is 3.90. The van der Waals surface area contributed by atoms with Crippen LogP contribution in [-0.4, -0.2) is 39.8 Å². The van der Waals surface area contributed by atoms with Crippen LogP contribution in [0.2, 0.25) is 0 Å². The summed E-state index contributed by atoms with van der Waals surface area (Å²) in [5, 5.41) is 15.0. The van der Waals surface area contributed by atoms with Gasteiger partial charge in [-0.25, -0.2) is 0 Å². The molecule has 0 saturated heterocycles. The third-order valence-electron chi connectivity index (χ3n) is 3.21. The zero-order valence-corrected chi connectivity index (χ0v) is 13.5. The third kappa shape index (κ3) is 4.80. The van der Waals surface area contributed by atoms with Crippen molar-refractivity contribution >= 4 is 11.9 Å². The molecule has 0 radical (unpaired) electrons. The Bertz CT molecular complexity index is 696. The Balaban J connectivity index is 1.91. The molecule has 1 unspecified atom stereocenters. The fraction of sp³-hybridized carbons (Fsp3) is 0.375. The van der Waals surface area contributed by atoms with Gasteiger partial charge in [0, 0.05) is 18.4 Å². The Hall–Kier alpha value is -2.90.